The van der Waals surface area contributed by atoms with Gasteiger partial charge < -0.3 is 10.4 Å². The molecule has 0 spiro atoms. The van der Waals surface area contributed by atoms with Crippen LogP contribution in [0.3, 0.4) is 0 Å². The number of aliphatic hydroxyl groups is 1. The van der Waals surface area contributed by atoms with E-state index in [0.717, 1.165) is 23.5 Å². The Morgan fingerprint density at radius 2 is 2.00 bits per heavy atom. The molecular weight excluding hydrogens is 276 g/mol. The minimum Gasteiger partial charge on any atom is -0.387 e. The lowest BCUT2D eigenvalue weighted by Gasteiger charge is -2.10. The highest BCUT2D eigenvalue weighted by Crippen LogP contribution is 2.33. The fourth-order valence-electron chi connectivity index (χ4n) is 2.25. The van der Waals surface area contributed by atoms with Crippen LogP contribution >= 0.6 is 12.4 Å². The lowest BCUT2D eigenvalue weighted by molar-refractivity contribution is 0.175. The van der Waals surface area contributed by atoms with Gasteiger partial charge in [-0.2, -0.15) is 5.26 Å². The fraction of sp³-hybridized carbons (Fsp3) is 0.214. The monoisotopic (exact) mass is 288 g/mol. The Morgan fingerprint density at radius 3 is 2.70 bits per heavy atom. The minimum absolute atomic E-state index is 0. The quantitative estimate of drug-likeness (QED) is 0.887. The molecule has 2 N–H and O–H groups in total. The summed E-state index contributed by atoms with van der Waals surface area (Å²) in [7, 11) is 0. The summed E-state index contributed by atoms with van der Waals surface area (Å²) >= 11 is 0. The molecule has 102 valence electrons. The van der Waals surface area contributed by atoms with E-state index in [1.165, 1.54) is 6.33 Å². The number of nitrogens with zero attached hydrogens (tertiary/aromatic N) is 3. The van der Waals surface area contributed by atoms with Gasteiger partial charge in [-0.05, 0) is 37.1 Å². The summed E-state index contributed by atoms with van der Waals surface area (Å²) in [6.45, 7) is 0. The van der Waals surface area contributed by atoms with E-state index in [-0.39, 0.29) is 12.4 Å². The van der Waals surface area contributed by atoms with Gasteiger partial charge in [-0.15, -0.1) is 12.4 Å². The fourth-order valence-corrected chi connectivity index (χ4v) is 2.25. The second kappa shape index (κ2) is 5.87. The Kier molecular flexibility index (Phi) is 4.18. The third kappa shape index (κ3) is 2.57. The Morgan fingerprint density at radius 1 is 1.25 bits per heavy atom. The van der Waals surface area contributed by atoms with Crippen molar-refractivity contribution in [1.29, 1.82) is 5.26 Å². The average molecular weight is 289 g/mol. The molecule has 1 atom stereocenters. The predicted molar refractivity (Wildman–Crippen MR) is 77.0 cm³/mol. The molecule has 6 heteroatoms. The van der Waals surface area contributed by atoms with Gasteiger partial charge in [0.1, 0.15) is 12.1 Å². The third-order valence-electron chi connectivity index (χ3n) is 3.24. The Labute approximate surface area is 122 Å². The van der Waals surface area contributed by atoms with Crippen LogP contribution in [0.15, 0.2) is 30.6 Å². The van der Waals surface area contributed by atoms with Crippen LogP contribution in [0.25, 0.3) is 0 Å². The minimum atomic E-state index is -0.487. The van der Waals surface area contributed by atoms with Crippen molar-refractivity contribution in [1.82, 2.24) is 9.97 Å². The van der Waals surface area contributed by atoms with Crippen molar-refractivity contribution in [2.24, 2.45) is 0 Å². The van der Waals surface area contributed by atoms with Gasteiger partial charge in [0.25, 0.3) is 0 Å². The highest BCUT2D eigenvalue weighted by molar-refractivity contribution is 5.85. The molecule has 0 saturated heterocycles. The lowest BCUT2D eigenvalue weighted by atomic mass is 10.2. The van der Waals surface area contributed by atoms with E-state index in [2.05, 4.69) is 21.4 Å². The molecule has 0 saturated carbocycles. The molecule has 1 aromatic carbocycles. The van der Waals surface area contributed by atoms with Crippen LogP contribution in [0, 0.1) is 11.3 Å². The zero-order chi connectivity index (χ0) is 13.2. The van der Waals surface area contributed by atoms with E-state index < -0.39 is 6.10 Å². The zero-order valence-electron chi connectivity index (χ0n) is 10.6. The maximum Gasteiger partial charge on any atom is 0.137 e. The standard InChI is InChI=1S/C14H12N4O.ClH/c15-7-9-1-3-10(4-2-9)18-14-11-5-6-12(19)13(11)16-8-17-14;/h1-4,8,12,19H,5-6H2,(H,16,17,18);1H. The average Bonchev–Trinajstić information content (AvgIpc) is 2.83. The molecule has 1 unspecified atom stereocenters. The van der Waals surface area contributed by atoms with Crippen molar-refractivity contribution in [3.63, 3.8) is 0 Å². The van der Waals surface area contributed by atoms with Gasteiger partial charge in [0.15, 0.2) is 0 Å². The third-order valence-corrected chi connectivity index (χ3v) is 3.24. The number of fused-ring (bicyclic) bond motifs is 1. The second-order valence-electron chi connectivity index (χ2n) is 4.45. The van der Waals surface area contributed by atoms with Crippen molar-refractivity contribution in [3.8, 4) is 6.07 Å². The van der Waals surface area contributed by atoms with Gasteiger partial charge in [0.2, 0.25) is 0 Å². The van der Waals surface area contributed by atoms with Gasteiger partial charge >= 0.3 is 0 Å². The topological polar surface area (TPSA) is 81.8 Å². The maximum absolute atomic E-state index is 9.79. The number of nitriles is 1. The number of hydrogen-bond donors (Lipinski definition) is 2. The first-order chi connectivity index (χ1) is 9.28. The number of anilines is 2. The van der Waals surface area contributed by atoms with Crippen LogP contribution < -0.4 is 5.32 Å². The van der Waals surface area contributed by atoms with E-state index in [0.29, 0.717) is 17.7 Å². The summed E-state index contributed by atoms with van der Waals surface area (Å²) in [5.74, 6) is 0.728. The number of rotatable bonds is 2. The molecule has 1 aromatic heterocycles. The number of aliphatic hydroxyl groups excluding tert-OH is 1. The van der Waals surface area contributed by atoms with Crippen molar-refractivity contribution < 1.29 is 5.11 Å². The summed E-state index contributed by atoms with van der Waals surface area (Å²) < 4.78 is 0. The van der Waals surface area contributed by atoms with Crippen molar-refractivity contribution in [3.05, 3.63) is 47.4 Å². The van der Waals surface area contributed by atoms with Crippen LogP contribution in [0.5, 0.6) is 0 Å². The van der Waals surface area contributed by atoms with Crippen molar-refractivity contribution in [2.75, 3.05) is 5.32 Å². The number of aromatic nitrogens is 2. The SMILES string of the molecule is Cl.N#Cc1ccc(Nc2ncnc3c2CCC3O)cc1. The molecular formula is C14H13ClN4O. The van der Waals surface area contributed by atoms with Gasteiger partial charge in [-0.25, -0.2) is 9.97 Å². The molecule has 20 heavy (non-hydrogen) atoms. The Balaban J connectivity index is 0.00000147. The molecule has 1 aliphatic carbocycles. The Hall–Kier alpha value is -2.16. The van der Waals surface area contributed by atoms with Crippen LogP contribution in [-0.2, 0) is 6.42 Å². The summed E-state index contributed by atoms with van der Waals surface area (Å²) in [4.78, 5) is 8.35. The van der Waals surface area contributed by atoms with Crippen LogP contribution in [0.2, 0.25) is 0 Å². The first-order valence-corrected chi connectivity index (χ1v) is 6.07. The largest absolute Gasteiger partial charge is 0.387 e. The maximum atomic E-state index is 9.79. The van der Waals surface area contributed by atoms with Gasteiger partial charge in [-0.1, -0.05) is 0 Å². The van der Waals surface area contributed by atoms with Gasteiger partial charge in [0.05, 0.1) is 23.4 Å². The van der Waals surface area contributed by atoms with Gasteiger partial charge in [-0.3, -0.25) is 0 Å². The summed E-state index contributed by atoms with van der Waals surface area (Å²) in [6, 6.07) is 9.24. The smallest absolute Gasteiger partial charge is 0.137 e. The second-order valence-corrected chi connectivity index (χ2v) is 4.45. The number of halogens is 1. The molecule has 1 heterocycles. The van der Waals surface area contributed by atoms with E-state index in [1.54, 1.807) is 12.1 Å². The number of benzene rings is 1. The van der Waals surface area contributed by atoms with Crippen LogP contribution in [-0.4, -0.2) is 15.1 Å². The molecule has 2 aromatic rings. The molecule has 0 fully saturated rings. The van der Waals surface area contributed by atoms with Crippen molar-refractivity contribution >= 4 is 23.9 Å². The molecule has 1 aliphatic rings. The predicted octanol–water partition coefficient (Wildman–Crippen LogP) is 2.49. The first kappa shape index (κ1) is 14.3. The summed E-state index contributed by atoms with van der Waals surface area (Å²) in [5.41, 5.74) is 3.17. The molecule has 3 rings (SSSR count). The molecule has 0 aliphatic heterocycles. The molecule has 0 bridgehead atoms. The number of hydrogen-bond acceptors (Lipinski definition) is 5. The zero-order valence-corrected chi connectivity index (χ0v) is 11.4. The lowest BCUT2D eigenvalue weighted by Crippen LogP contribution is -2.01. The molecule has 0 radical (unpaired) electrons. The van der Waals surface area contributed by atoms with E-state index in [1.807, 2.05) is 12.1 Å². The summed E-state index contributed by atoms with van der Waals surface area (Å²) in [6.07, 6.45) is 2.44. The molecule has 0 amide bonds. The molecule has 5 nitrogen and oxygen atoms in total. The first-order valence-electron chi connectivity index (χ1n) is 6.07. The van der Waals surface area contributed by atoms with Gasteiger partial charge in [0, 0.05) is 11.3 Å². The van der Waals surface area contributed by atoms with E-state index in [4.69, 9.17) is 5.26 Å². The van der Waals surface area contributed by atoms with Crippen LogP contribution in [0.4, 0.5) is 11.5 Å². The van der Waals surface area contributed by atoms with Crippen molar-refractivity contribution in [2.45, 2.75) is 18.9 Å². The van der Waals surface area contributed by atoms with E-state index >= 15 is 0 Å². The number of nitrogens with one attached hydrogen (secondary N) is 1. The van der Waals surface area contributed by atoms with Crippen LogP contribution in [0.1, 0.15) is 29.3 Å². The Bertz CT molecular complexity index is 651. The summed E-state index contributed by atoms with van der Waals surface area (Å²) in [5, 5.41) is 21.7. The normalized spacial score (nSPS) is 15.9. The van der Waals surface area contributed by atoms with E-state index in [9.17, 15) is 5.11 Å². The highest BCUT2D eigenvalue weighted by Gasteiger charge is 2.24. The highest BCUT2D eigenvalue weighted by atomic mass is 35.5.